The Labute approximate surface area is 118 Å². The average Bonchev–Trinajstić information content (AvgIpc) is 2.86. The van der Waals surface area contributed by atoms with Crippen molar-refractivity contribution in [1.82, 2.24) is 4.98 Å². The Morgan fingerprint density at radius 2 is 2.00 bits per heavy atom. The lowest BCUT2D eigenvalue weighted by atomic mass is 10.1. The molecule has 2 rings (SSSR count). The zero-order valence-electron chi connectivity index (χ0n) is 11.9. The summed E-state index contributed by atoms with van der Waals surface area (Å²) >= 11 is 0. The highest BCUT2D eigenvalue weighted by Crippen LogP contribution is 2.16. The zero-order valence-corrected chi connectivity index (χ0v) is 11.9. The van der Waals surface area contributed by atoms with Gasteiger partial charge in [-0.1, -0.05) is 13.0 Å². The molecular weight excluding hydrogens is 254 g/mol. The molecule has 2 aromatic rings. The van der Waals surface area contributed by atoms with Crippen LogP contribution in [-0.2, 0) is 0 Å². The van der Waals surface area contributed by atoms with Gasteiger partial charge in [0.05, 0.1) is 6.04 Å². The van der Waals surface area contributed by atoms with Crippen LogP contribution in [0.5, 0.6) is 0 Å². The van der Waals surface area contributed by atoms with E-state index in [4.69, 9.17) is 10.2 Å². The van der Waals surface area contributed by atoms with Crippen LogP contribution >= 0.6 is 0 Å². The van der Waals surface area contributed by atoms with Crippen molar-refractivity contribution in [2.45, 2.75) is 33.2 Å². The van der Waals surface area contributed by atoms with Crippen molar-refractivity contribution in [2.75, 3.05) is 5.32 Å². The Morgan fingerprint density at radius 3 is 2.60 bits per heavy atom. The molecule has 0 fully saturated rings. The molecule has 5 heteroatoms. The summed E-state index contributed by atoms with van der Waals surface area (Å²) in [4.78, 5) is 16.2. The van der Waals surface area contributed by atoms with Gasteiger partial charge < -0.3 is 15.5 Å². The molecule has 1 amide bonds. The number of nitrogens with one attached hydrogen (secondary N) is 1. The number of nitrogens with two attached hydrogens (primary N) is 1. The summed E-state index contributed by atoms with van der Waals surface area (Å²) in [5, 5.41) is 2.81. The third kappa shape index (κ3) is 3.24. The summed E-state index contributed by atoms with van der Waals surface area (Å²) in [5.41, 5.74) is 8.98. The number of hydrogen-bond donors (Lipinski definition) is 2. The molecule has 0 aliphatic heterocycles. The summed E-state index contributed by atoms with van der Waals surface area (Å²) in [6.45, 7) is 5.90. The van der Waals surface area contributed by atoms with Gasteiger partial charge in [0.2, 0.25) is 5.89 Å². The van der Waals surface area contributed by atoms with E-state index >= 15 is 0 Å². The molecule has 0 spiro atoms. The van der Waals surface area contributed by atoms with Crippen molar-refractivity contribution in [3.8, 4) is 0 Å². The number of benzene rings is 1. The fourth-order valence-electron chi connectivity index (χ4n) is 1.98. The van der Waals surface area contributed by atoms with Crippen LogP contribution < -0.4 is 11.1 Å². The Bertz CT molecular complexity index is 599. The summed E-state index contributed by atoms with van der Waals surface area (Å²) in [6, 6.07) is 5.58. The van der Waals surface area contributed by atoms with Crippen molar-refractivity contribution >= 4 is 11.6 Å². The fraction of sp³-hybridized carbons (Fsp3) is 0.333. The van der Waals surface area contributed by atoms with E-state index in [1.54, 1.807) is 0 Å². The van der Waals surface area contributed by atoms with E-state index in [-0.39, 0.29) is 17.6 Å². The minimum absolute atomic E-state index is 0.239. The first-order valence-corrected chi connectivity index (χ1v) is 6.60. The van der Waals surface area contributed by atoms with E-state index in [1.165, 1.54) is 6.26 Å². The number of amides is 1. The highest BCUT2D eigenvalue weighted by Gasteiger charge is 2.16. The largest absolute Gasteiger partial charge is 0.446 e. The minimum atomic E-state index is -0.298. The Morgan fingerprint density at radius 1 is 1.35 bits per heavy atom. The molecule has 0 saturated heterocycles. The smallest absolute Gasteiger partial charge is 0.277 e. The first kappa shape index (κ1) is 14.3. The molecule has 5 nitrogen and oxygen atoms in total. The molecule has 1 aromatic heterocycles. The molecule has 0 aliphatic rings. The number of anilines is 1. The van der Waals surface area contributed by atoms with Gasteiger partial charge in [-0.25, -0.2) is 4.98 Å². The van der Waals surface area contributed by atoms with Crippen LogP contribution in [0.4, 0.5) is 5.69 Å². The van der Waals surface area contributed by atoms with E-state index in [0.717, 1.165) is 16.8 Å². The van der Waals surface area contributed by atoms with Crippen molar-refractivity contribution in [1.29, 1.82) is 0 Å². The standard InChI is InChI=1S/C15H19N3O2/c1-4-12(16)15-18-13(8-20-15)14(19)17-11-6-9(2)5-10(3)7-11/h5-8,12H,4,16H2,1-3H3,(H,17,19). The molecule has 1 atom stereocenters. The average molecular weight is 273 g/mol. The number of carbonyl (C=O) groups is 1. The molecule has 20 heavy (non-hydrogen) atoms. The third-order valence-corrected chi connectivity index (χ3v) is 2.99. The third-order valence-electron chi connectivity index (χ3n) is 2.99. The van der Waals surface area contributed by atoms with E-state index in [1.807, 2.05) is 39.0 Å². The first-order valence-electron chi connectivity index (χ1n) is 6.60. The van der Waals surface area contributed by atoms with E-state index in [9.17, 15) is 4.79 Å². The van der Waals surface area contributed by atoms with Crippen molar-refractivity contribution in [2.24, 2.45) is 5.73 Å². The number of oxazole rings is 1. The number of carbonyl (C=O) groups excluding carboxylic acids is 1. The van der Waals surface area contributed by atoms with Crippen LogP contribution in [0.2, 0.25) is 0 Å². The van der Waals surface area contributed by atoms with E-state index < -0.39 is 0 Å². The summed E-state index contributed by atoms with van der Waals surface area (Å²) < 4.78 is 5.23. The van der Waals surface area contributed by atoms with Gasteiger partial charge in [-0.05, 0) is 43.5 Å². The Hall–Kier alpha value is -2.14. The van der Waals surface area contributed by atoms with Gasteiger partial charge in [-0.2, -0.15) is 0 Å². The molecule has 0 saturated carbocycles. The summed E-state index contributed by atoms with van der Waals surface area (Å²) in [7, 11) is 0. The van der Waals surface area contributed by atoms with Crippen LogP contribution in [0, 0.1) is 13.8 Å². The number of hydrogen-bond acceptors (Lipinski definition) is 4. The minimum Gasteiger partial charge on any atom is -0.446 e. The lowest BCUT2D eigenvalue weighted by molar-refractivity contribution is 0.102. The molecule has 1 heterocycles. The molecule has 0 aliphatic carbocycles. The van der Waals surface area contributed by atoms with E-state index in [2.05, 4.69) is 10.3 Å². The van der Waals surface area contributed by atoms with Gasteiger partial charge in [-0.15, -0.1) is 0 Å². The quantitative estimate of drug-likeness (QED) is 0.897. The molecular formula is C15H19N3O2. The second kappa shape index (κ2) is 5.88. The van der Waals surface area contributed by atoms with Gasteiger partial charge in [0, 0.05) is 5.69 Å². The van der Waals surface area contributed by atoms with Crippen LogP contribution in [0.15, 0.2) is 28.9 Å². The first-order chi connectivity index (χ1) is 9.49. The monoisotopic (exact) mass is 273 g/mol. The number of nitrogens with zero attached hydrogens (tertiary/aromatic N) is 1. The van der Waals surface area contributed by atoms with Crippen LogP contribution in [-0.4, -0.2) is 10.9 Å². The lowest BCUT2D eigenvalue weighted by Gasteiger charge is -2.05. The SMILES string of the molecule is CCC(N)c1nc(C(=O)Nc2cc(C)cc(C)c2)co1. The van der Waals surface area contributed by atoms with Gasteiger partial charge >= 0.3 is 0 Å². The highest BCUT2D eigenvalue weighted by atomic mass is 16.3. The maximum Gasteiger partial charge on any atom is 0.277 e. The molecule has 0 bridgehead atoms. The van der Waals surface area contributed by atoms with Crippen molar-refractivity contribution < 1.29 is 9.21 Å². The van der Waals surface area contributed by atoms with Gasteiger partial charge in [0.15, 0.2) is 5.69 Å². The maximum atomic E-state index is 12.1. The molecule has 3 N–H and O–H groups in total. The molecule has 1 aromatic carbocycles. The van der Waals surface area contributed by atoms with Gasteiger partial charge in [0.25, 0.3) is 5.91 Å². The predicted octanol–water partition coefficient (Wildman–Crippen LogP) is 2.95. The van der Waals surface area contributed by atoms with Gasteiger partial charge in [0.1, 0.15) is 6.26 Å². The van der Waals surface area contributed by atoms with Crippen LogP contribution in [0.25, 0.3) is 0 Å². The van der Waals surface area contributed by atoms with Crippen LogP contribution in [0.3, 0.4) is 0 Å². The van der Waals surface area contributed by atoms with Crippen LogP contribution in [0.1, 0.15) is 46.9 Å². The predicted molar refractivity (Wildman–Crippen MR) is 77.6 cm³/mol. The number of aromatic nitrogens is 1. The summed E-state index contributed by atoms with van der Waals surface area (Å²) in [6.07, 6.45) is 2.04. The fourth-order valence-corrected chi connectivity index (χ4v) is 1.98. The van der Waals surface area contributed by atoms with Gasteiger partial charge in [-0.3, -0.25) is 4.79 Å². The number of rotatable bonds is 4. The number of aryl methyl sites for hydroxylation is 2. The topological polar surface area (TPSA) is 81.1 Å². The normalized spacial score (nSPS) is 12.2. The Balaban J connectivity index is 2.13. The van der Waals surface area contributed by atoms with Crippen molar-refractivity contribution in [3.63, 3.8) is 0 Å². The lowest BCUT2D eigenvalue weighted by Crippen LogP contribution is -2.14. The second-order valence-corrected chi connectivity index (χ2v) is 4.92. The Kier molecular flexibility index (Phi) is 4.20. The zero-order chi connectivity index (χ0) is 14.7. The van der Waals surface area contributed by atoms with Crippen molar-refractivity contribution in [3.05, 3.63) is 47.2 Å². The maximum absolute atomic E-state index is 12.1. The molecule has 0 radical (unpaired) electrons. The molecule has 106 valence electrons. The summed E-state index contributed by atoms with van der Waals surface area (Å²) in [5.74, 6) is 0.0892. The second-order valence-electron chi connectivity index (χ2n) is 4.92. The van der Waals surface area contributed by atoms with E-state index in [0.29, 0.717) is 12.3 Å². The molecule has 1 unspecified atom stereocenters. The highest BCUT2D eigenvalue weighted by molar-refractivity contribution is 6.02.